The van der Waals surface area contributed by atoms with Crippen molar-refractivity contribution in [2.45, 2.75) is 0 Å². The van der Waals surface area contributed by atoms with Crippen LogP contribution in [0.25, 0.3) is 21.8 Å². The number of likely N-dealkylation sites (N-methyl/N-ethyl adjacent to an activating group) is 1. The number of hydrogen-bond donors (Lipinski definition) is 0. The molecule has 0 radical (unpaired) electrons. The van der Waals surface area contributed by atoms with Crippen molar-refractivity contribution in [2.24, 2.45) is 0 Å². The lowest BCUT2D eigenvalue weighted by Crippen LogP contribution is -2.45. The number of nitriles is 1. The summed E-state index contributed by atoms with van der Waals surface area (Å²) in [5.74, 6) is 0.250. The van der Waals surface area contributed by atoms with Crippen LogP contribution >= 0.6 is 0 Å². The second kappa shape index (κ2) is 5.69. The monoisotopic (exact) mass is 321 g/mol. The number of hydrogen-bond acceptors (Lipinski definition) is 5. The topological polar surface area (TPSA) is 56.0 Å². The van der Waals surface area contributed by atoms with E-state index in [9.17, 15) is 4.39 Å². The Hall–Kier alpha value is -2.78. The number of piperazine rings is 1. The molecule has 1 aliphatic rings. The van der Waals surface area contributed by atoms with Crippen LogP contribution in [0.5, 0.6) is 0 Å². The van der Waals surface area contributed by atoms with Gasteiger partial charge in [0, 0.05) is 49.2 Å². The highest BCUT2D eigenvalue weighted by atomic mass is 19.1. The minimum Gasteiger partial charge on any atom is -0.352 e. The maximum absolute atomic E-state index is 14.0. The van der Waals surface area contributed by atoms with E-state index in [0.29, 0.717) is 5.52 Å². The number of fused-ring (bicyclic) bond motifs is 3. The van der Waals surface area contributed by atoms with Crippen molar-refractivity contribution in [3.8, 4) is 6.07 Å². The summed E-state index contributed by atoms with van der Waals surface area (Å²) in [6.45, 7) is 3.63. The molecular formula is C18H16FN5. The number of nitrogens with zero attached hydrogens (tertiary/aromatic N) is 5. The molecule has 1 aromatic carbocycles. The van der Waals surface area contributed by atoms with Crippen molar-refractivity contribution in [1.82, 2.24) is 14.9 Å². The lowest BCUT2D eigenvalue weighted by Gasteiger charge is -2.33. The summed E-state index contributed by atoms with van der Waals surface area (Å²) < 4.78 is 14.0. The van der Waals surface area contributed by atoms with Crippen LogP contribution in [0.2, 0.25) is 0 Å². The van der Waals surface area contributed by atoms with Gasteiger partial charge in [0.25, 0.3) is 0 Å². The molecule has 3 aromatic rings. The second-order valence-corrected chi connectivity index (χ2v) is 6.09. The first-order chi connectivity index (χ1) is 11.7. The number of anilines is 1. The summed E-state index contributed by atoms with van der Waals surface area (Å²) in [4.78, 5) is 13.7. The Kier molecular flexibility index (Phi) is 3.51. The van der Waals surface area contributed by atoms with Crippen LogP contribution in [0.4, 0.5) is 10.2 Å². The van der Waals surface area contributed by atoms with Crippen LogP contribution in [0.1, 0.15) is 5.56 Å². The fraction of sp³-hybridized carbons (Fsp3) is 0.278. The Balaban J connectivity index is 1.98. The fourth-order valence-corrected chi connectivity index (χ4v) is 3.16. The minimum absolute atomic E-state index is 0.0294. The molecule has 0 aliphatic carbocycles. The molecule has 0 bridgehead atoms. The molecule has 0 N–H and O–H groups in total. The van der Waals surface area contributed by atoms with Gasteiger partial charge in [-0.1, -0.05) is 6.07 Å². The highest BCUT2D eigenvalue weighted by Gasteiger charge is 2.20. The summed E-state index contributed by atoms with van der Waals surface area (Å²) in [6.07, 6.45) is 1.74. The Morgan fingerprint density at radius 3 is 2.71 bits per heavy atom. The highest BCUT2D eigenvalue weighted by Crippen LogP contribution is 2.31. The van der Waals surface area contributed by atoms with Gasteiger partial charge in [-0.3, -0.25) is 4.98 Å². The van der Waals surface area contributed by atoms with Gasteiger partial charge in [0.1, 0.15) is 17.4 Å². The predicted molar refractivity (Wildman–Crippen MR) is 91.4 cm³/mol. The van der Waals surface area contributed by atoms with Crippen molar-refractivity contribution in [3.05, 3.63) is 41.8 Å². The summed E-state index contributed by atoms with van der Waals surface area (Å²) in [5.41, 5.74) is 1.38. The molecule has 2 aromatic heterocycles. The van der Waals surface area contributed by atoms with E-state index in [1.54, 1.807) is 12.3 Å². The van der Waals surface area contributed by atoms with E-state index in [-0.39, 0.29) is 5.56 Å². The van der Waals surface area contributed by atoms with Gasteiger partial charge < -0.3 is 9.80 Å². The van der Waals surface area contributed by atoms with Crippen LogP contribution in [-0.2, 0) is 0 Å². The van der Waals surface area contributed by atoms with Gasteiger partial charge in [-0.25, -0.2) is 9.37 Å². The molecule has 1 fully saturated rings. The zero-order chi connectivity index (χ0) is 16.7. The quantitative estimate of drug-likeness (QED) is 0.645. The highest BCUT2D eigenvalue weighted by molar-refractivity contribution is 6.08. The Bertz CT molecular complexity index is 970. The number of rotatable bonds is 1. The number of benzene rings is 1. The minimum atomic E-state index is -0.537. The van der Waals surface area contributed by atoms with Gasteiger partial charge >= 0.3 is 0 Å². The van der Waals surface area contributed by atoms with E-state index in [1.807, 2.05) is 18.2 Å². The van der Waals surface area contributed by atoms with Gasteiger partial charge in [-0.15, -0.1) is 0 Å². The maximum Gasteiger partial charge on any atom is 0.155 e. The molecule has 3 heterocycles. The maximum atomic E-state index is 14.0. The molecule has 0 unspecified atom stereocenters. The zero-order valence-corrected chi connectivity index (χ0v) is 13.3. The largest absolute Gasteiger partial charge is 0.352 e. The Morgan fingerprint density at radius 1 is 1.17 bits per heavy atom. The van der Waals surface area contributed by atoms with Gasteiger partial charge in [-0.05, 0) is 19.2 Å². The van der Waals surface area contributed by atoms with Crippen LogP contribution in [-0.4, -0.2) is 48.1 Å². The molecule has 6 heteroatoms. The van der Waals surface area contributed by atoms with E-state index in [4.69, 9.17) is 5.26 Å². The fourth-order valence-electron chi connectivity index (χ4n) is 3.16. The molecule has 1 saturated heterocycles. The summed E-state index contributed by atoms with van der Waals surface area (Å²) in [6, 6.07) is 8.61. The second-order valence-electron chi connectivity index (χ2n) is 6.09. The van der Waals surface area contributed by atoms with Crippen molar-refractivity contribution in [2.75, 3.05) is 38.1 Å². The van der Waals surface area contributed by atoms with E-state index in [1.165, 1.54) is 6.07 Å². The van der Waals surface area contributed by atoms with E-state index in [0.717, 1.165) is 48.3 Å². The average Bonchev–Trinajstić information content (AvgIpc) is 2.61. The lowest BCUT2D eigenvalue weighted by molar-refractivity contribution is 0.312. The third kappa shape index (κ3) is 2.34. The lowest BCUT2D eigenvalue weighted by atomic mass is 10.1. The molecule has 120 valence electrons. The SMILES string of the molecule is CN1CCN(c2nc3cc(F)c(C#N)cc3c3cccnc23)CC1. The van der Waals surface area contributed by atoms with Gasteiger partial charge in [0.05, 0.1) is 11.1 Å². The molecule has 24 heavy (non-hydrogen) atoms. The molecule has 0 saturated carbocycles. The number of pyridine rings is 2. The van der Waals surface area contributed by atoms with Crippen LogP contribution in [0, 0.1) is 17.1 Å². The van der Waals surface area contributed by atoms with Gasteiger partial charge in [0.15, 0.2) is 5.82 Å². The smallest absolute Gasteiger partial charge is 0.155 e. The standard InChI is InChI=1S/C18H16FN5/c1-23-5-7-24(8-6-23)18-17-13(3-2-4-21-17)14-9-12(11-20)15(19)10-16(14)22-18/h2-4,9-10H,5-8H2,1H3. The third-order valence-electron chi connectivity index (χ3n) is 4.54. The summed E-state index contributed by atoms with van der Waals surface area (Å²) in [7, 11) is 2.10. The van der Waals surface area contributed by atoms with Crippen molar-refractivity contribution >= 4 is 27.6 Å². The third-order valence-corrected chi connectivity index (χ3v) is 4.54. The van der Waals surface area contributed by atoms with Crippen molar-refractivity contribution < 1.29 is 4.39 Å². The molecule has 0 amide bonds. The Labute approximate surface area is 138 Å². The van der Waals surface area contributed by atoms with Crippen LogP contribution in [0.3, 0.4) is 0 Å². The Morgan fingerprint density at radius 2 is 1.96 bits per heavy atom. The van der Waals surface area contributed by atoms with Crippen molar-refractivity contribution in [1.29, 1.82) is 5.26 Å². The summed E-state index contributed by atoms with van der Waals surface area (Å²) >= 11 is 0. The van der Waals surface area contributed by atoms with Gasteiger partial charge in [0.2, 0.25) is 0 Å². The number of aromatic nitrogens is 2. The summed E-state index contributed by atoms with van der Waals surface area (Å²) in [5, 5.41) is 10.7. The molecule has 0 atom stereocenters. The average molecular weight is 321 g/mol. The first-order valence-corrected chi connectivity index (χ1v) is 7.89. The molecular weight excluding hydrogens is 305 g/mol. The zero-order valence-electron chi connectivity index (χ0n) is 13.3. The number of halogens is 1. The van der Waals surface area contributed by atoms with Crippen LogP contribution in [0.15, 0.2) is 30.5 Å². The normalized spacial score (nSPS) is 15.8. The van der Waals surface area contributed by atoms with E-state index in [2.05, 4.69) is 26.8 Å². The molecule has 0 spiro atoms. The van der Waals surface area contributed by atoms with Gasteiger partial charge in [-0.2, -0.15) is 5.26 Å². The first kappa shape index (κ1) is 14.8. The van der Waals surface area contributed by atoms with Crippen molar-refractivity contribution in [3.63, 3.8) is 0 Å². The van der Waals surface area contributed by atoms with Crippen LogP contribution < -0.4 is 4.90 Å². The van der Waals surface area contributed by atoms with E-state index >= 15 is 0 Å². The predicted octanol–water partition coefficient (Wildman–Crippen LogP) is 2.55. The van der Waals surface area contributed by atoms with E-state index < -0.39 is 5.82 Å². The molecule has 1 aliphatic heterocycles. The first-order valence-electron chi connectivity index (χ1n) is 7.89. The molecule has 4 rings (SSSR count). The molecule has 5 nitrogen and oxygen atoms in total.